The summed E-state index contributed by atoms with van der Waals surface area (Å²) in [6.45, 7) is 3.01. The molecule has 0 aromatic heterocycles. The van der Waals surface area contributed by atoms with Gasteiger partial charge in [0.15, 0.2) is 0 Å². The van der Waals surface area contributed by atoms with E-state index in [2.05, 4.69) is 26.6 Å². The molecule has 1 rings (SSSR count). The van der Waals surface area contributed by atoms with Gasteiger partial charge >= 0.3 is 0 Å². The number of carbonyl (C=O) groups excluding carboxylic acids is 2. The largest absolute Gasteiger partial charge is 0.355 e. The highest BCUT2D eigenvalue weighted by molar-refractivity contribution is 9.10. The number of nitrogens with two attached hydrogens (primary N) is 1. The van der Waals surface area contributed by atoms with Gasteiger partial charge in [0.1, 0.15) is 0 Å². The molecule has 1 atom stereocenters. The van der Waals surface area contributed by atoms with Crippen molar-refractivity contribution in [3.05, 3.63) is 34.3 Å². The van der Waals surface area contributed by atoms with Gasteiger partial charge in [0.05, 0.1) is 6.04 Å². The average molecular weight is 356 g/mol. The van der Waals surface area contributed by atoms with Crippen LogP contribution in [0.15, 0.2) is 28.7 Å². The lowest BCUT2D eigenvalue weighted by Crippen LogP contribution is -2.41. The summed E-state index contributed by atoms with van der Waals surface area (Å²) in [5.74, 6) is -0.250. The Morgan fingerprint density at radius 1 is 1.29 bits per heavy atom. The molecule has 4 N–H and O–H groups in total. The number of nitrogens with one attached hydrogen (secondary N) is 2. The number of hydrogen-bond donors (Lipinski definition) is 3. The molecule has 116 valence electrons. The maximum absolute atomic E-state index is 11.8. The summed E-state index contributed by atoms with van der Waals surface area (Å²) in [5.41, 5.74) is 6.30. The second-order valence-electron chi connectivity index (χ2n) is 4.81. The second-order valence-corrected chi connectivity index (χ2v) is 5.72. The van der Waals surface area contributed by atoms with E-state index in [1.54, 1.807) is 12.1 Å². The Bertz CT molecular complexity index is 480. The summed E-state index contributed by atoms with van der Waals surface area (Å²) in [5, 5.41) is 5.58. The van der Waals surface area contributed by atoms with E-state index in [1.165, 1.54) is 0 Å². The van der Waals surface area contributed by atoms with Gasteiger partial charge in [0.25, 0.3) is 5.91 Å². The summed E-state index contributed by atoms with van der Waals surface area (Å²) in [6.07, 6.45) is 2.24. The van der Waals surface area contributed by atoms with Crippen LogP contribution in [0.1, 0.15) is 36.5 Å². The summed E-state index contributed by atoms with van der Waals surface area (Å²) < 4.78 is 0.868. The Balaban J connectivity index is 2.20. The van der Waals surface area contributed by atoms with Crippen LogP contribution in [-0.2, 0) is 4.79 Å². The van der Waals surface area contributed by atoms with Crippen molar-refractivity contribution in [1.29, 1.82) is 0 Å². The van der Waals surface area contributed by atoms with Crippen LogP contribution in [0.3, 0.4) is 0 Å². The quantitative estimate of drug-likeness (QED) is 0.621. The first-order valence-corrected chi connectivity index (χ1v) is 7.91. The van der Waals surface area contributed by atoms with Gasteiger partial charge in [-0.2, -0.15) is 0 Å². The minimum Gasteiger partial charge on any atom is -0.355 e. The minimum atomic E-state index is -0.439. The van der Waals surface area contributed by atoms with Crippen LogP contribution in [0.4, 0.5) is 0 Å². The number of halogens is 1. The van der Waals surface area contributed by atoms with E-state index in [0.29, 0.717) is 31.5 Å². The van der Waals surface area contributed by atoms with Crippen LogP contribution in [0, 0.1) is 0 Å². The highest BCUT2D eigenvalue weighted by Crippen LogP contribution is 2.11. The van der Waals surface area contributed by atoms with Crippen molar-refractivity contribution in [2.75, 3.05) is 13.1 Å². The zero-order valence-corrected chi connectivity index (χ0v) is 13.8. The van der Waals surface area contributed by atoms with Crippen LogP contribution in [0.2, 0.25) is 0 Å². The zero-order chi connectivity index (χ0) is 15.7. The molecule has 21 heavy (non-hydrogen) atoms. The fourth-order valence-corrected chi connectivity index (χ4v) is 2.21. The Morgan fingerprint density at radius 2 is 2.00 bits per heavy atom. The van der Waals surface area contributed by atoms with E-state index < -0.39 is 6.04 Å². The summed E-state index contributed by atoms with van der Waals surface area (Å²) in [7, 11) is 0. The third-order valence-corrected chi connectivity index (χ3v) is 3.45. The van der Waals surface area contributed by atoms with E-state index in [-0.39, 0.29) is 11.8 Å². The molecular weight excluding hydrogens is 334 g/mol. The van der Waals surface area contributed by atoms with Gasteiger partial charge in [0, 0.05) is 23.1 Å². The summed E-state index contributed by atoms with van der Waals surface area (Å²) >= 11 is 3.33. The molecule has 5 nitrogen and oxygen atoms in total. The van der Waals surface area contributed by atoms with Crippen LogP contribution >= 0.6 is 15.9 Å². The van der Waals surface area contributed by atoms with E-state index in [0.717, 1.165) is 10.9 Å². The predicted molar refractivity (Wildman–Crippen MR) is 87.0 cm³/mol. The summed E-state index contributed by atoms with van der Waals surface area (Å²) in [6, 6.07) is 6.76. The first kappa shape index (κ1) is 17.7. The highest BCUT2D eigenvalue weighted by atomic mass is 79.9. The van der Waals surface area contributed by atoms with Crippen molar-refractivity contribution in [2.45, 2.75) is 32.2 Å². The van der Waals surface area contributed by atoms with Gasteiger partial charge in [-0.25, -0.2) is 0 Å². The third kappa shape index (κ3) is 6.73. The molecule has 0 saturated heterocycles. The van der Waals surface area contributed by atoms with Crippen LogP contribution < -0.4 is 16.4 Å². The average Bonchev–Trinajstić information content (AvgIpc) is 2.46. The maximum atomic E-state index is 11.8. The Labute approximate surface area is 133 Å². The van der Waals surface area contributed by atoms with E-state index in [9.17, 15) is 9.59 Å². The first-order chi connectivity index (χ1) is 10.0. The van der Waals surface area contributed by atoms with Crippen LogP contribution in [0.5, 0.6) is 0 Å². The van der Waals surface area contributed by atoms with Crippen molar-refractivity contribution < 1.29 is 9.59 Å². The highest BCUT2D eigenvalue weighted by Gasteiger charge is 2.11. The minimum absolute atomic E-state index is 0.120. The molecule has 0 spiro atoms. The third-order valence-electron chi connectivity index (χ3n) is 2.96. The van der Waals surface area contributed by atoms with Crippen molar-refractivity contribution in [1.82, 2.24) is 10.6 Å². The Kier molecular flexibility index (Phi) is 8.00. The molecule has 0 radical (unpaired) electrons. The van der Waals surface area contributed by atoms with Crippen LogP contribution in [-0.4, -0.2) is 30.9 Å². The molecule has 0 aliphatic carbocycles. The van der Waals surface area contributed by atoms with E-state index in [1.807, 2.05) is 19.1 Å². The molecule has 1 aromatic carbocycles. The Hall–Kier alpha value is -1.40. The topological polar surface area (TPSA) is 84.2 Å². The number of amides is 2. The molecule has 0 heterocycles. The van der Waals surface area contributed by atoms with Gasteiger partial charge in [-0.15, -0.1) is 0 Å². The van der Waals surface area contributed by atoms with E-state index in [4.69, 9.17) is 5.73 Å². The molecule has 2 amide bonds. The SMILES string of the molecule is CCCC(N)C(=O)NCCCNC(=O)c1cccc(Br)c1. The number of hydrogen-bond acceptors (Lipinski definition) is 3. The van der Waals surface area contributed by atoms with Crippen molar-refractivity contribution >= 4 is 27.7 Å². The predicted octanol–water partition coefficient (Wildman–Crippen LogP) is 1.81. The van der Waals surface area contributed by atoms with Crippen molar-refractivity contribution in [3.63, 3.8) is 0 Å². The first-order valence-electron chi connectivity index (χ1n) is 7.11. The van der Waals surface area contributed by atoms with Crippen LogP contribution in [0.25, 0.3) is 0 Å². The molecule has 6 heteroatoms. The standard InChI is InChI=1S/C15H22BrN3O2/c1-2-5-13(17)15(21)19-9-4-8-18-14(20)11-6-3-7-12(16)10-11/h3,6-7,10,13H,2,4-5,8-9,17H2,1H3,(H,18,20)(H,19,21). The van der Waals surface area contributed by atoms with Gasteiger partial charge in [-0.1, -0.05) is 35.3 Å². The monoisotopic (exact) mass is 355 g/mol. The molecule has 0 fully saturated rings. The molecular formula is C15H22BrN3O2. The molecule has 0 aliphatic heterocycles. The molecule has 1 unspecified atom stereocenters. The van der Waals surface area contributed by atoms with Gasteiger partial charge in [-0.05, 0) is 31.0 Å². The number of carbonyl (C=O) groups is 2. The lowest BCUT2D eigenvalue weighted by atomic mass is 10.1. The molecule has 0 aliphatic rings. The zero-order valence-electron chi connectivity index (χ0n) is 12.2. The van der Waals surface area contributed by atoms with Crippen molar-refractivity contribution in [3.8, 4) is 0 Å². The fourth-order valence-electron chi connectivity index (χ4n) is 1.81. The normalized spacial score (nSPS) is 11.8. The van der Waals surface area contributed by atoms with Gasteiger partial charge in [-0.3, -0.25) is 9.59 Å². The summed E-state index contributed by atoms with van der Waals surface area (Å²) in [4.78, 5) is 23.4. The molecule has 1 aromatic rings. The molecule has 0 bridgehead atoms. The maximum Gasteiger partial charge on any atom is 0.251 e. The Morgan fingerprint density at radius 3 is 2.67 bits per heavy atom. The number of benzene rings is 1. The van der Waals surface area contributed by atoms with Crippen molar-refractivity contribution in [2.24, 2.45) is 5.73 Å². The van der Waals surface area contributed by atoms with E-state index >= 15 is 0 Å². The number of rotatable bonds is 8. The fraction of sp³-hybridized carbons (Fsp3) is 0.467. The second kappa shape index (κ2) is 9.52. The smallest absolute Gasteiger partial charge is 0.251 e. The lowest BCUT2D eigenvalue weighted by Gasteiger charge is -2.11. The van der Waals surface area contributed by atoms with Gasteiger partial charge < -0.3 is 16.4 Å². The van der Waals surface area contributed by atoms with Gasteiger partial charge in [0.2, 0.25) is 5.91 Å². The lowest BCUT2D eigenvalue weighted by molar-refractivity contribution is -0.122. The molecule has 0 saturated carbocycles.